The highest BCUT2D eigenvalue weighted by atomic mass is 35.5. The first-order valence-corrected chi connectivity index (χ1v) is 9.60. The van der Waals surface area contributed by atoms with Gasteiger partial charge in [0.15, 0.2) is 11.9 Å². The van der Waals surface area contributed by atoms with Gasteiger partial charge in [0, 0.05) is 17.3 Å². The predicted octanol–water partition coefficient (Wildman–Crippen LogP) is 1.61. The number of alkyl halides is 1. The second-order valence-corrected chi connectivity index (χ2v) is 7.37. The quantitative estimate of drug-likeness (QED) is 0.533. The van der Waals surface area contributed by atoms with Gasteiger partial charge in [0.1, 0.15) is 36.3 Å². The number of imidazole rings is 1. The summed E-state index contributed by atoms with van der Waals surface area (Å²) in [5.74, 6) is 0.385. The van der Waals surface area contributed by atoms with E-state index in [2.05, 4.69) is 15.0 Å². The summed E-state index contributed by atoms with van der Waals surface area (Å²) in [6.45, 7) is 0. The monoisotopic (exact) mass is 424 g/mol. The number of ether oxygens (including phenoxy) is 1. The minimum Gasteiger partial charge on any atom is -0.387 e. The highest BCUT2D eigenvalue weighted by Gasteiger charge is 2.47. The van der Waals surface area contributed by atoms with Crippen LogP contribution in [0.4, 0.5) is 0 Å². The molecule has 1 aliphatic rings. The van der Waals surface area contributed by atoms with E-state index in [0.29, 0.717) is 39.7 Å². The standard InChI is InChI=1S/C18H18Cl2N4O4/c19-6-5-11-12-17(22-7-21-11)24(8-23-12)18-15(27)14(26)16(28-18)13(25)9-1-3-10(20)4-2-9/h1-4,7-8,13-16,18,25-27H,5-6H2/t13?,14-,15+,16+,18+/m0/s1. The summed E-state index contributed by atoms with van der Waals surface area (Å²) in [5, 5.41) is 32.2. The van der Waals surface area contributed by atoms with Gasteiger partial charge in [0.25, 0.3) is 0 Å². The summed E-state index contributed by atoms with van der Waals surface area (Å²) in [7, 11) is 0. The lowest BCUT2D eigenvalue weighted by Gasteiger charge is -2.21. The minimum absolute atomic E-state index is 0.385. The van der Waals surface area contributed by atoms with Gasteiger partial charge in [-0.2, -0.15) is 0 Å². The van der Waals surface area contributed by atoms with Crippen LogP contribution in [0.5, 0.6) is 0 Å². The Morgan fingerprint density at radius 1 is 1.11 bits per heavy atom. The Bertz CT molecular complexity index is 968. The molecule has 3 N–H and O–H groups in total. The van der Waals surface area contributed by atoms with Gasteiger partial charge in [0.2, 0.25) is 0 Å². The van der Waals surface area contributed by atoms with Crippen LogP contribution in [-0.2, 0) is 11.2 Å². The third kappa shape index (κ3) is 3.36. The van der Waals surface area contributed by atoms with Crippen molar-refractivity contribution in [2.45, 2.75) is 37.1 Å². The first-order valence-electron chi connectivity index (χ1n) is 8.68. The van der Waals surface area contributed by atoms with E-state index in [-0.39, 0.29) is 0 Å². The fourth-order valence-corrected chi connectivity index (χ4v) is 3.69. The number of aromatic nitrogens is 4. The Hall–Kier alpha value is -1.81. The minimum atomic E-state index is -1.31. The largest absolute Gasteiger partial charge is 0.387 e. The van der Waals surface area contributed by atoms with Crippen LogP contribution in [0.25, 0.3) is 11.2 Å². The third-order valence-electron chi connectivity index (χ3n) is 4.84. The first kappa shape index (κ1) is 19.5. The van der Waals surface area contributed by atoms with E-state index >= 15 is 0 Å². The first-order chi connectivity index (χ1) is 13.5. The summed E-state index contributed by atoms with van der Waals surface area (Å²) in [5.41, 5.74) is 2.20. The molecule has 8 nitrogen and oxygen atoms in total. The summed E-state index contributed by atoms with van der Waals surface area (Å²) in [6, 6.07) is 6.55. The normalized spacial score (nSPS) is 26.0. The van der Waals surface area contributed by atoms with Crippen molar-refractivity contribution in [2.24, 2.45) is 0 Å². The molecule has 1 aliphatic heterocycles. The molecule has 1 saturated heterocycles. The molecule has 4 rings (SSSR count). The van der Waals surface area contributed by atoms with Crippen LogP contribution in [0.3, 0.4) is 0 Å². The lowest BCUT2D eigenvalue weighted by molar-refractivity contribution is -0.0849. The molecule has 1 aromatic carbocycles. The average Bonchev–Trinajstić information content (AvgIpc) is 3.25. The number of aryl methyl sites for hydroxylation is 1. The summed E-state index contributed by atoms with van der Waals surface area (Å²) in [6.07, 6.45) is -2.37. The van der Waals surface area contributed by atoms with Gasteiger partial charge in [-0.3, -0.25) is 4.57 Å². The van der Waals surface area contributed by atoms with Gasteiger partial charge in [-0.25, -0.2) is 15.0 Å². The number of aliphatic hydroxyl groups is 3. The molecule has 0 amide bonds. The lowest BCUT2D eigenvalue weighted by Crippen LogP contribution is -2.34. The van der Waals surface area contributed by atoms with E-state index in [9.17, 15) is 15.3 Å². The van der Waals surface area contributed by atoms with Gasteiger partial charge in [0.05, 0.1) is 12.0 Å². The Morgan fingerprint density at radius 3 is 2.57 bits per heavy atom. The highest BCUT2D eigenvalue weighted by molar-refractivity contribution is 6.30. The molecule has 0 aliphatic carbocycles. The molecular formula is C18H18Cl2N4O4. The molecule has 5 atom stereocenters. The average molecular weight is 425 g/mol. The number of rotatable bonds is 5. The SMILES string of the molecule is OC(c1ccc(Cl)cc1)[C@H]1O[C@@H](n2cnc3c(CCCl)ncnc32)[C@H](O)[C@@H]1O. The molecule has 3 aromatic rings. The molecular weight excluding hydrogens is 407 g/mol. The highest BCUT2D eigenvalue weighted by Crippen LogP contribution is 2.37. The fourth-order valence-electron chi connectivity index (χ4n) is 3.39. The number of nitrogens with zero attached hydrogens (tertiary/aromatic N) is 4. The Labute approximate surface area is 170 Å². The van der Waals surface area contributed by atoms with Crippen LogP contribution in [0, 0.1) is 0 Å². The van der Waals surface area contributed by atoms with Crippen LogP contribution >= 0.6 is 23.2 Å². The molecule has 0 bridgehead atoms. The Morgan fingerprint density at radius 2 is 1.86 bits per heavy atom. The summed E-state index contributed by atoms with van der Waals surface area (Å²) >= 11 is 11.7. The topological polar surface area (TPSA) is 114 Å². The molecule has 28 heavy (non-hydrogen) atoms. The Balaban J connectivity index is 1.64. The molecule has 0 saturated carbocycles. The van der Waals surface area contributed by atoms with Crippen LogP contribution in [0.1, 0.15) is 23.6 Å². The van der Waals surface area contributed by atoms with Gasteiger partial charge >= 0.3 is 0 Å². The molecule has 10 heteroatoms. The second kappa shape index (κ2) is 7.90. The molecule has 1 unspecified atom stereocenters. The number of fused-ring (bicyclic) bond motifs is 1. The van der Waals surface area contributed by atoms with E-state index in [1.54, 1.807) is 24.3 Å². The maximum absolute atomic E-state index is 10.6. The van der Waals surface area contributed by atoms with Crippen molar-refractivity contribution >= 4 is 34.4 Å². The van der Waals surface area contributed by atoms with Crippen LogP contribution < -0.4 is 0 Å². The van der Waals surface area contributed by atoms with Crippen molar-refractivity contribution in [1.82, 2.24) is 19.5 Å². The lowest BCUT2D eigenvalue weighted by atomic mass is 9.99. The van der Waals surface area contributed by atoms with E-state index in [1.807, 2.05) is 0 Å². The maximum atomic E-state index is 10.6. The molecule has 3 heterocycles. The van der Waals surface area contributed by atoms with Crippen molar-refractivity contribution < 1.29 is 20.1 Å². The number of hydrogen-bond donors (Lipinski definition) is 3. The summed E-state index contributed by atoms with van der Waals surface area (Å²) < 4.78 is 7.36. The summed E-state index contributed by atoms with van der Waals surface area (Å²) in [4.78, 5) is 12.7. The van der Waals surface area contributed by atoms with Crippen molar-refractivity contribution in [3.8, 4) is 0 Å². The van der Waals surface area contributed by atoms with Crippen LogP contribution in [0.2, 0.25) is 5.02 Å². The predicted molar refractivity (Wildman–Crippen MR) is 102 cm³/mol. The van der Waals surface area contributed by atoms with E-state index in [0.717, 1.165) is 0 Å². The van der Waals surface area contributed by atoms with Gasteiger partial charge in [-0.15, -0.1) is 11.6 Å². The second-order valence-electron chi connectivity index (χ2n) is 6.55. The third-order valence-corrected chi connectivity index (χ3v) is 5.28. The van der Waals surface area contributed by atoms with Crippen molar-refractivity contribution in [1.29, 1.82) is 0 Å². The smallest absolute Gasteiger partial charge is 0.165 e. The number of hydrogen-bond acceptors (Lipinski definition) is 7. The zero-order valence-corrected chi connectivity index (χ0v) is 16.1. The number of halogens is 2. The zero-order chi connectivity index (χ0) is 19.8. The van der Waals surface area contributed by atoms with Crippen molar-refractivity contribution in [2.75, 3.05) is 5.88 Å². The molecule has 148 valence electrons. The zero-order valence-electron chi connectivity index (χ0n) is 14.6. The van der Waals surface area contributed by atoms with Crippen molar-refractivity contribution in [3.63, 3.8) is 0 Å². The van der Waals surface area contributed by atoms with Crippen LogP contribution in [0.15, 0.2) is 36.9 Å². The van der Waals surface area contributed by atoms with Gasteiger partial charge in [-0.05, 0) is 17.7 Å². The maximum Gasteiger partial charge on any atom is 0.165 e. The fraction of sp³-hybridized carbons (Fsp3) is 0.389. The molecule has 2 aromatic heterocycles. The molecule has 0 spiro atoms. The van der Waals surface area contributed by atoms with Crippen molar-refractivity contribution in [3.05, 3.63) is 53.2 Å². The van der Waals surface area contributed by atoms with Gasteiger partial charge < -0.3 is 20.1 Å². The van der Waals surface area contributed by atoms with Gasteiger partial charge in [-0.1, -0.05) is 23.7 Å². The number of benzene rings is 1. The van der Waals surface area contributed by atoms with E-state index in [1.165, 1.54) is 17.2 Å². The number of aliphatic hydroxyl groups excluding tert-OH is 3. The molecule has 1 fully saturated rings. The van der Waals surface area contributed by atoms with E-state index < -0.39 is 30.6 Å². The Kier molecular flexibility index (Phi) is 5.50. The van der Waals surface area contributed by atoms with Crippen LogP contribution in [-0.4, -0.2) is 59.0 Å². The van der Waals surface area contributed by atoms with E-state index in [4.69, 9.17) is 27.9 Å². The molecule has 0 radical (unpaired) electrons.